The van der Waals surface area contributed by atoms with Gasteiger partial charge in [-0.3, -0.25) is 0 Å². The number of nitrogens with zero attached hydrogens (tertiary/aromatic N) is 1. The Labute approximate surface area is 170 Å². The first kappa shape index (κ1) is 27.7. The Hall–Kier alpha value is -0.340. The summed E-state index contributed by atoms with van der Waals surface area (Å²) in [5.41, 5.74) is -5.65. The van der Waals surface area contributed by atoms with Crippen molar-refractivity contribution in [3.05, 3.63) is 0 Å². The lowest BCUT2D eigenvalue weighted by atomic mass is 10.0. The van der Waals surface area contributed by atoms with Gasteiger partial charge in [0, 0.05) is 0 Å². The zero-order chi connectivity index (χ0) is 21.5. The monoisotopic (exact) mass is 431 g/mol. The third-order valence-corrected chi connectivity index (χ3v) is 6.09. The van der Waals surface area contributed by atoms with Crippen LogP contribution in [0.4, 0.5) is 13.2 Å². The van der Waals surface area contributed by atoms with Gasteiger partial charge in [-0.1, -0.05) is 58.8 Å². The number of hydrogen-bond donors (Lipinski definition) is 0. The minimum absolute atomic E-state index is 1.37. The average molecular weight is 432 g/mol. The summed E-state index contributed by atoms with van der Waals surface area (Å²) in [4.78, 5) is 0. The van der Waals surface area contributed by atoms with Crippen molar-refractivity contribution < 1.29 is 30.6 Å². The molecule has 0 spiro atoms. The number of rotatable bonds is 12. The largest absolute Gasteiger partial charge is 0.741 e. The molecule has 1 heterocycles. The molecule has 1 fully saturated rings. The van der Waals surface area contributed by atoms with E-state index in [4.69, 9.17) is 13.0 Å². The zero-order valence-electron chi connectivity index (χ0n) is 17.7. The minimum Gasteiger partial charge on any atom is -0.741 e. The van der Waals surface area contributed by atoms with E-state index in [2.05, 4.69) is 13.8 Å². The van der Waals surface area contributed by atoms with Gasteiger partial charge in [0.15, 0.2) is 10.1 Å². The van der Waals surface area contributed by atoms with E-state index in [9.17, 15) is 13.2 Å². The summed E-state index contributed by atoms with van der Waals surface area (Å²) in [5, 5.41) is 0. The quantitative estimate of drug-likeness (QED) is 0.165. The molecule has 1 aliphatic rings. The number of quaternary nitrogens is 1. The smallest absolute Gasteiger partial charge is 0.485 e. The summed E-state index contributed by atoms with van der Waals surface area (Å²) in [7, 11) is -6.09. The van der Waals surface area contributed by atoms with Gasteiger partial charge in [-0.05, 0) is 38.5 Å². The van der Waals surface area contributed by atoms with E-state index in [1.54, 1.807) is 0 Å². The van der Waals surface area contributed by atoms with Gasteiger partial charge in [-0.25, -0.2) is 8.42 Å². The maximum Gasteiger partial charge on any atom is 0.485 e. The predicted molar refractivity (Wildman–Crippen MR) is 107 cm³/mol. The molecule has 0 aromatic rings. The molecule has 1 rings (SSSR count). The lowest BCUT2D eigenvalue weighted by Crippen LogP contribution is -2.52. The van der Waals surface area contributed by atoms with E-state index in [0.29, 0.717) is 0 Å². The van der Waals surface area contributed by atoms with Crippen molar-refractivity contribution in [3.8, 4) is 0 Å². The highest BCUT2D eigenvalue weighted by molar-refractivity contribution is 7.86. The third-order valence-electron chi connectivity index (χ3n) is 5.52. The molecular weight excluding hydrogens is 391 g/mol. The topological polar surface area (TPSA) is 57.2 Å². The van der Waals surface area contributed by atoms with Crippen LogP contribution in [0.1, 0.15) is 97.3 Å². The molecule has 1 aliphatic heterocycles. The summed E-state index contributed by atoms with van der Waals surface area (Å²) in [5.74, 6) is 0. The fourth-order valence-electron chi connectivity index (χ4n) is 3.82. The van der Waals surface area contributed by atoms with Gasteiger partial charge in [0.1, 0.15) is 0 Å². The Kier molecular flexibility index (Phi) is 14.4. The molecule has 0 N–H and O–H groups in total. The van der Waals surface area contributed by atoms with Crippen molar-refractivity contribution >= 4 is 10.1 Å². The summed E-state index contributed by atoms with van der Waals surface area (Å²) in [6.07, 6.45) is 19.0. The number of likely N-dealkylation sites (tertiary alicyclic amines) is 1. The van der Waals surface area contributed by atoms with Crippen molar-refractivity contribution in [1.29, 1.82) is 0 Å². The van der Waals surface area contributed by atoms with E-state index in [-0.39, 0.29) is 0 Å². The second-order valence-corrected chi connectivity index (χ2v) is 9.40. The lowest BCUT2D eigenvalue weighted by Gasteiger charge is -2.42. The van der Waals surface area contributed by atoms with Crippen LogP contribution in [0.5, 0.6) is 0 Å². The molecule has 0 saturated carbocycles. The molecule has 0 aromatic carbocycles. The van der Waals surface area contributed by atoms with Crippen molar-refractivity contribution in [2.24, 2.45) is 0 Å². The van der Waals surface area contributed by atoms with Crippen LogP contribution < -0.4 is 0 Å². The van der Waals surface area contributed by atoms with Crippen molar-refractivity contribution in [1.82, 2.24) is 0 Å². The van der Waals surface area contributed by atoms with Crippen LogP contribution in [0.2, 0.25) is 0 Å². The maximum atomic E-state index is 10.7. The molecule has 28 heavy (non-hydrogen) atoms. The first-order valence-corrected chi connectivity index (χ1v) is 12.4. The van der Waals surface area contributed by atoms with Gasteiger partial charge in [0.2, 0.25) is 0 Å². The molecule has 0 radical (unpaired) electrons. The molecule has 0 bridgehead atoms. The average Bonchev–Trinajstić information content (AvgIpc) is 2.62. The Morgan fingerprint density at radius 3 is 1.57 bits per heavy atom. The highest BCUT2D eigenvalue weighted by atomic mass is 32.2. The molecule has 0 atom stereocenters. The van der Waals surface area contributed by atoms with Gasteiger partial charge in [-0.2, -0.15) is 13.2 Å². The van der Waals surface area contributed by atoms with E-state index in [1.165, 1.54) is 114 Å². The number of piperidine rings is 1. The first-order chi connectivity index (χ1) is 13.1. The summed E-state index contributed by atoms with van der Waals surface area (Å²) < 4.78 is 60.4. The normalized spacial score (nSPS) is 17.1. The van der Waals surface area contributed by atoms with Gasteiger partial charge in [-0.15, -0.1) is 0 Å². The zero-order valence-corrected chi connectivity index (χ0v) is 18.6. The van der Waals surface area contributed by atoms with Crippen molar-refractivity contribution in [2.75, 3.05) is 26.2 Å². The first-order valence-electron chi connectivity index (χ1n) is 11.0. The molecule has 0 amide bonds. The number of unbranched alkanes of at least 4 members (excludes halogenated alkanes) is 8. The lowest BCUT2D eigenvalue weighted by molar-refractivity contribution is -0.932. The Bertz CT molecular complexity index is 476. The van der Waals surface area contributed by atoms with Crippen LogP contribution in [-0.4, -0.2) is 49.1 Å². The van der Waals surface area contributed by atoms with E-state index in [1.807, 2.05) is 0 Å². The van der Waals surface area contributed by atoms with Crippen molar-refractivity contribution in [3.63, 3.8) is 0 Å². The second-order valence-electron chi connectivity index (χ2n) is 8.03. The third kappa shape index (κ3) is 13.0. The van der Waals surface area contributed by atoms with E-state index >= 15 is 0 Å². The van der Waals surface area contributed by atoms with Crippen LogP contribution in [0.15, 0.2) is 0 Å². The molecular formula is C20H40F3NO3S. The fourth-order valence-corrected chi connectivity index (χ4v) is 3.82. The van der Waals surface area contributed by atoms with Crippen LogP contribution >= 0.6 is 0 Å². The SMILES string of the molecule is CCCCCCCCCC[N+]1(CCCC)CCCCC1.O=S(=O)([O-])C(F)(F)F. The van der Waals surface area contributed by atoms with Crippen LogP contribution in [0.25, 0.3) is 0 Å². The predicted octanol–water partition coefficient (Wildman–Crippen LogP) is 5.98. The Morgan fingerprint density at radius 1 is 0.750 bits per heavy atom. The number of halogens is 3. The van der Waals surface area contributed by atoms with E-state index in [0.717, 1.165) is 0 Å². The van der Waals surface area contributed by atoms with Gasteiger partial charge < -0.3 is 9.04 Å². The molecule has 170 valence electrons. The summed E-state index contributed by atoms with van der Waals surface area (Å²) in [6, 6.07) is 0. The number of hydrogen-bond acceptors (Lipinski definition) is 3. The molecule has 0 unspecified atom stereocenters. The molecule has 8 heteroatoms. The Balaban J connectivity index is 0.000000769. The standard InChI is InChI=1S/C19H40N.CHF3O3S/c1-3-5-7-8-9-10-11-13-17-20(16-6-4-2)18-14-12-15-19-20;2-1(3,4)8(5,6)7/h3-19H2,1-2H3;(H,5,6,7)/q+1;/p-1. The number of alkyl halides is 3. The molecule has 1 saturated heterocycles. The highest BCUT2D eigenvalue weighted by Gasteiger charge is 2.37. The van der Waals surface area contributed by atoms with Crippen molar-refractivity contribution in [2.45, 2.75) is 103 Å². The molecule has 0 aromatic heterocycles. The Morgan fingerprint density at radius 2 is 1.14 bits per heavy atom. The second kappa shape index (κ2) is 14.6. The van der Waals surface area contributed by atoms with Gasteiger partial charge in [0.05, 0.1) is 26.2 Å². The van der Waals surface area contributed by atoms with Crippen LogP contribution in [0.3, 0.4) is 0 Å². The summed E-state index contributed by atoms with van der Waals surface area (Å²) >= 11 is 0. The van der Waals surface area contributed by atoms with Gasteiger partial charge >= 0.3 is 5.51 Å². The van der Waals surface area contributed by atoms with Gasteiger partial charge in [0.25, 0.3) is 0 Å². The van der Waals surface area contributed by atoms with Crippen LogP contribution in [-0.2, 0) is 10.1 Å². The van der Waals surface area contributed by atoms with E-state index < -0.39 is 15.6 Å². The maximum absolute atomic E-state index is 10.7. The molecule has 0 aliphatic carbocycles. The molecule has 4 nitrogen and oxygen atoms in total. The summed E-state index contributed by atoms with van der Waals surface area (Å²) in [6.45, 7) is 10.6. The minimum atomic E-state index is -6.09. The van der Waals surface area contributed by atoms with Crippen LogP contribution in [0, 0.1) is 0 Å². The fraction of sp³-hybridized carbons (Fsp3) is 1.00. The highest BCUT2D eigenvalue weighted by Crippen LogP contribution is 2.22.